The van der Waals surface area contributed by atoms with Crippen molar-refractivity contribution in [3.05, 3.63) is 70.4 Å². The highest BCUT2D eigenvalue weighted by Crippen LogP contribution is 2.70. The molecule has 4 fully saturated rings. The van der Waals surface area contributed by atoms with E-state index < -0.39 is 63.6 Å². The van der Waals surface area contributed by atoms with Gasteiger partial charge in [0.15, 0.2) is 13.4 Å². The van der Waals surface area contributed by atoms with Gasteiger partial charge in [-0.15, -0.1) is 0 Å². The number of hydrogen-bond donors (Lipinski definition) is 3. The number of rotatable bonds is 10. The minimum Gasteiger partial charge on any atom is -0.468 e. The topological polar surface area (TPSA) is 150 Å². The summed E-state index contributed by atoms with van der Waals surface area (Å²) < 4.78 is 24.4. The Morgan fingerprint density at radius 3 is 2.44 bits per heavy atom. The fourth-order valence-electron chi connectivity index (χ4n) is 14.8. The molecule has 9 rings (SSSR count). The van der Waals surface area contributed by atoms with Gasteiger partial charge in [0.2, 0.25) is 5.60 Å². The minimum atomic E-state index is -2.28. The van der Waals surface area contributed by atoms with E-state index in [1.807, 2.05) is 25.8 Å². The number of aliphatic hydroxyl groups is 2. The Hall–Kier alpha value is -3.79. The number of nitrogens with zero attached hydrogens (tertiary/aromatic N) is 3. The summed E-state index contributed by atoms with van der Waals surface area (Å²) in [6.45, 7) is 13.8. The second-order valence-corrected chi connectivity index (χ2v) is 20.7. The third-order valence-electron chi connectivity index (χ3n) is 17.2. The molecular weight excluding hydrogens is 811 g/mol. The molecule has 0 aromatic heterocycles. The maximum absolute atomic E-state index is 15.6. The zero-order valence-corrected chi connectivity index (χ0v) is 39.4. The zero-order chi connectivity index (χ0) is 45.7. The van der Waals surface area contributed by atoms with E-state index in [0.29, 0.717) is 71.5 Å². The summed E-state index contributed by atoms with van der Waals surface area (Å²) in [6, 6.07) is 5.88. The summed E-state index contributed by atoms with van der Waals surface area (Å²) >= 11 is 0. The van der Waals surface area contributed by atoms with Crippen LogP contribution < -0.4 is 10.8 Å². The van der Waals surface area contributed by atoms with Gasteiger partial charge in [-0.1, -0.05) is 75.1 Å². The summed E-state index contributed by atoms with van der Waals surface area (Å²) in [6.07, 6.45) is 10.0. The van der Waals surface area contributed by atoms with Crippen LogP contribution in [0.2, 0.25) is 0 Å². The van der Waals surface area contributed by atoms with Crippen LogP contribution in [0.5, 0.6) is 0 Å². The SMILES string of the molecule is CC[C@]1(O)C[C@H]2CN(CCC3=C(Bc4ccc(CNC(C)C)cc43)[C@@](C(=O)OC)(C3C=C4C(=CC3OC)N(C)[C@H]3[C@@](O)(C(=O)OC)[C@H](OC(C)=O)[C@]5(CC)C=CCN6CC[C@]43[C@@H]65)C2)C1. The molecular formula is C50H69BN4O9. The normalized spacial score (nSPS) is 39.5. The predicted molar refractivity (Wildman–Crippen MR) is 244 cm³/mol. The van der Waals surface area contributed by atoms with Crippen LogP contribution in [0.3, 0.4) is 0 Å². The first-order valence-electron chi connectivity index (χ1n) is 23.7. The van der Waals surface area contributed by atoms with Crippen LogP contribution in [0.25, 0.3) is 5.57 Å². The van der Waals surface area contributed by atoms with Crippen molar-refractivity contribution in [3.63, 3.8) is 0 Å². The molecule has 1 aromatic carbocycles. The average molecular weight is 881 g/mol. The molecule has 12 atom stereocenters. The second-order valence-electron chi connectivity index (χ2n) is 20.7. The van der Waals surface area contributed by atoms with Crippen molar-refractivity contribution < 1.29 is 43.5 Å². The Bertz CT molecular complexity index is 2230. The van der Waals surface area contributed by atoms with E-state index in [4.69, 9.17) is 18.9 Å². The number of carbonyl (C=O) groups is 3. The number of fused-ring (bicyclic) bond motifs is 5. The Morgan fingerprint density at radius 1 is 1.00 bits per heavy atom. The number of carbonyl (C=O) groups excluding carboxylic acids is 3. The largest absolute Gasteiger partial charge is 0.468 e. The van der Waals surface area contributed by atoms with Crippen molar-refractivity contribution in [2.75, 3.05) is 61.1 Å². The summed E-state index contributed by atoms with van der Waals surface area (Å²) in [7, 11) is 6.94. The Balaban J connectivity index is 1.30. The van der Waals surface area contributed by atoms with Gasteiger partial charge < -0.3 is 39.4 Å². The highest BCUT2D eigenvalue weighted by molar-refractivity contribution is 6.67. The number of likely N-dealkylation sites (tertiary alicyclic amines) is 1. The molecule has 346 valence electrons. The number of piperidine rings is 1. The molecule has 3 unspecified atom stereocenters. The minimum absolute atomic E-state index is 0.0422. The third kappa shape index (κ3) is 6.35. The maximum Gasteiger partial charge on any atom is 0.344 e. The van der Waals surface area contributed by atoms with Crippen molar-refractivity contribution >= 4 is 36.2 Å². The van der Waals surface area contributed by atoms with Crippen LogP contribution in [0, 0.1) is 28.1 Å². The number of hydrogen-bond acceptors (Lipinski definition) is 13. The first-order chi connectivity index (χ1) is 30.5. The van der Waals surface area contributed by atoms with E-state index in [1.165, 1.54) is 43.3 Å². The van der Waals surface area contributed by atoms with Gasteiger partial charge in [0, 0.05) is 88.3 Å². The van der Waals surface area contributed by atoms with Crippen LogP contribution in [-0.2, 0) is 39.9 Å². The van der Waals surface area contributed by atoms with E-state index in [9.17, 15) is 19.8 Å². The van der Waals surface area contributed by atoms with E-state index in [-0.39, 0.29) is 17.9 Å². The van der Waals surface area contributed by atoms with Gasteiger partial charge in [0.05, 0.1) is 37.4 Å². The van der Waals surface area contributed by atoms with Gasteiger partial charge in [-0.3, -0.25) is 19.4 Å². The Labute approximate surface area is 379 Å². The number of benzene rings is 1. The summed E-state index contributed by atoms with van der Waals surface area (Å²) in [5.41, 5.74) is 1.28. The zero-order valence-electron chi connectivity index (χ0n) is 39.4. The number of likely N-dealkylation sites (N-methyl/N-ethyl adjacent to an activating group) is 1. The highest BCUT2D eigenvalue weighted by Gasteiger charge is 2.81. The van der Waals surface area contributed by atoms with Crippen LogP contribution in [0.4, 0.5) is 0 Å². The lowest BCUT2D eigenvalue weighted by molar-refractivity contribution is -0.243. The van der Waals surface area contributed by atoms with Crippen molar-refractivity contribution in [2.45, 2.75) is 121 Å². The molecule has 0 amide bonds. The number of esters is 3. The molecule has 13 nitrogen and oxygen atoms in total. The molecule has 3 saturated heterocycles. The van der Waals surface area contributed by atoms with Crippen LogP contribution in [-0.4, -0.2) is 153 Å². The van der Waals surface area contributed by atoms with Crippen LogP contribution >= 0.6 is 0 Å². The first-order valence-corrected chi connectivity index (χ1v) is 23.7. The van der Waals surface area contributed by atoms with Gasteiger partial charge >= 0.3 is 17.9 Å². The monoisotopic (exact) mass is 881 g/mol. The summed E-state index contributed by atoms with van der Waals surface area (Å²) in [4.78, 5) is 50.1. The molecule has 2 aliphatic carbocycles. The van der Waals surface area contributed by atoms with Crippen molar-refractivity contribution in [2.24, 2.45) is 28.1 Å². The van der Waals surface area contributed by atoms with Crippen molar-refractivity contribution in [3.8, 4) is 0 Å². The summed E-state index contributed by atoms with van der Waals surface area (Å²) in [5, 5.41) is 29.2. The van der Waals surface area contributed by atoms with E-state index >= 15 is 4.79 Å². The molecule has 3 N–H and O–H groups in total. The fraction of sp³-hybridized carbons (Fsp3) is 0.660. The fourth-order valence-corrected chi connectivity index (χ4v) is 14.8. The van der Waals surface area contributed by atoms with Crippen LogP contribution in [0.15, 0.2) is 59.2 Å². The molecule has 64 heavy (non-hydrogen) atoms. The van der Waals surface area contributed by atoms with Gasteiger partial charge in [0.25, 0.3) is 0 Å². The van der Waals surface area contributed by atoms with Crippen molar-refractivity contribution in [1.82, 2.24) is 20.0 Å². The molecule has 14 heteroatoms. The quantitative estimate of drug-likeness (QED) is 0.137. The molecule has 1 saturated carbocycles. The molecule has 6 heterocycles. The highest BCUT2D eigenvalue weighted by atomic mass is 16.6. The number of nitrogens with one attached hydrogen (secondary N) is 1. The second kappa shape index (κ2) is 16.2. The molecule has 2 bridgehead atoms. The molecule has 1 spiro atoms. The van der Waals surface area contributed by atoms with Gasteiger partial charge in [-0.25, -0.2) is 4.79 Å². The van der Waals surface area contributed by atoms with Gasteiger partial charge in [-0.2, -0.15) is 0 Å². The number of allylic oxidation sites excluding steroid dienone is 1. The van der Waals surface area contributed by atoms with Crippen molar-refractivity contribution in [1.29, 1.82) is 0 Å². The lowest BCUT2D eigenvalue weighted by Crippen LogP contribution is -2.79. The van der Waals surface area contributed by atoms with E-state index in [1.54, 1.807) is 7.11 Å². The molecule has 0 radical (unpaired) electrons. The Morgan fingerprint density at radius 2 is 1.77 bits per heavy atom. The van der Waals surface area contributed by atoms with Crippen LogP contribution in [0.1, 0.15) is 84.3 Å². The molecule has 6 aliphatic heterocycles. The predicted octanol–water partition coefficient (Wildman–Crippen LogP) is 3.03. The first kappa shape index (κ1) is 45.4. The number of methoxy groups -OCH3 is 3. The maximum atomic E-state index is 15.6. The van der Waals surface area contributed by atoms with Gasteiger partial charge in [-0.05, 0) is 79.3 Å². The third-order valence-corrected chi connectivity index (χ3v) is 17.2. The molecule has 8 aliphatic rings. The van der Waals surface area contributed by atoms with E-state index in [0.717, 1.165) is 36.4 Å². The Kier molecular flexibility index (Phi) is 11.5. The molecule has 1 aromatic rings. The van der Waals surface area contributed by atoms with Gasteiger partial charge in [0.1, 0.15) is 0 Å². The lowest BCUT2D eigenvalue weighted by Gasteiger charge is -2.63. The standard InChI is InChI=1S/C50H69BN4O9/c1-10-46(59)24-32-25-49(44(57)62-8,40-33(15-19-54(27-32)28-46)34-21-31(26-52-29(3)4)13-14-37(34)51-40)36-22-35-38(23-39(36)61-7)53(6)42-48(35)17-20-55-18-12-16-47(11-2,41(48)55)43(64-30(5)56)50(42,60)45(58)63-9/h12-14,16,21-23,29,32,36,39,41-43,51-52,59-60H,10-11,15,17-20,24-28H2,1-9H3/t32-,36?,39?,41+,42-,43-,46+,47-,48-,49+,50+/m1/s1. The van der Waals surface area contributed by atoms with E-state index in [2.05, 4.69) is 71.5 Å². The smallest absolute Gasteiger partial charge is 0.344 e. The summed E-state index contributed by atoms with van der Waals surface area (Å²) in [5.74, 6) is -2.38. The average Bonchev–Trinajstić information content (AvgIpc) is 3.94. The number of ether oxygens (including phenoxy) is 4. The lowest BCUT2D eigenvalue weighted by atomic mass is 9.46.